The quantitative estimate of drug-likeness (QED) is 0.417. The van der Waals surface area contributed by atoms with E-state index in [9.17, 15) is 0 Å². The van der Waals surface area contributed by atoms with Crippen LogP contribution in [0.25, 0.3) is 56.5 Å². The Balaban J connectivity index is 2.02. The molecule has 0 fully saturated rings. The number of nitrogens with one attached hydrogen (secondary N) is 2. The minimum Gasteiger partial charge on any atom is -0.355 e. The molecule has 2 aliphatic heterocycles. The minimum atomic E-state index is 0.962. The molecule has 170 valence electrons. The van der Waals surface area contributed by atoms with Crippen LogP contribution in [-0.4, -0.2) is 19.9 Å². The van der Waals surface area contributed by atoms with Crippen LogP contribution in [0.1, 0.15) is 72.7 Å². The number of rotatable bonds is 2. The lowest BCUT2D eigenvalue weighted by atomic mass is 10.1. The first-order valence-electron chi connectivity index (χ1n) is 11.6. The van der Waals surface area contributed by atoms with Crippen LogP contribution >= 0.6 is 0 Å². The zero-order valence-electron chi connectivity index (χ0n) is 20.8. The Morgan fingerprint density at radius 3 is 1.32 bits per heavy atom. The molecule has 0 saturated heterocycles. The molecule has 8 bridgehead atoms. The van der Waals surface area contributed by atoms with E-state index in [1.165, 1.54) is 22.3 Å². The van der Waals surface area contributed by atoms with E-state index in [0.29, 0.717) is 0 Å². The van der Waals surface area contributed by atoms with Crippen molar-refractivity contribution >= 4 is 56.5 Å². The summed E-state index contributed by atoms with van der Waals surface area (Å²) < 4.78 is 0. The monoisotopic (exact) mass is 446 g/mol. The number of hydrogen-bond acceptors (Lipinski definition) is 2. The molecule has 0 unspecified atom stereocenters. The van der Waals surface area contributed by atoms with Gasteiger partial charge in [0.15, 0.2) is 0 Å². The molecule has 3 aromatic heterocycles. The summed E-state index contributed by atoms with van der Waals surface area (Å²) in [6.45, 7) is 20.9. The van der Waals surface area contributed by atoms with Crippen molar-refractivity contribution in [2.75, 3.05) is 0 Å². The maximum Gasteiger partial charge on any atom is 0.0691 e. The SMILES string of the molecule is C=Cc1c(C)c2cc3[nH]c(cc4nc(cc5nc(cc1[nH]2)C(C)=C5C)C(C)=C4C)c(C)c3C=C. The standard InChI is InChI=1S/C30H30N4/c1-9-21-19(7)27-12-25-16(4)15(3)23(31-25)11-24-17(5)18(6)26(32-24)13-29-22(10-2)20(8)28(34-29)14-30(21)33-27/h9-14,33-34H,1-2H2,3-8H3. The molecule has 4 nitrogen and oxygen atoms in total. The highest BCUT2D eigenvalue weighted by molar-refractivity contribution is 5.95. The van der Waals surface area contributed by atoms with Crippen molar-refractivity contribution in [3.8, 4) is 0 Å². The summed E-state index contributed by atoms with van der Waals surface area (Å²) in [5, 5.41) is 0. The molecule has 0 saturated carbocycles. The van der Waals surface area contributed by atoms with Gasteiger partial charge < -0.3 is 9.97 Å². The van der Waals surface area contributed by atoms with Gasteiger partial charge in [0.05, 0.1) is 22.8 Å². The highest BCUT2D eigenvalue weighted by Gasteiger charge is 2.18. The van der Waals surface area contributed by atoms with Gasteiger partial charge in [-0.15, -0.1) is 0 Å². The van der Waals surface area contributed by atoms with Gasteiger partial charge >= 0.3 is 0 Å². The Kier molecular flexibility index (Phi) is 5.05. The molecule has 2 N–H and O–H groups in total. The van der Waals surface area contributed by atoms with Crippen LogP contribution in [0.2, 0.25) is 0 Å². The van der Waals surface area contributed by atoms with E-state index in [2.05, 4.69) is 88.9 Å². The van der Waals surface area contributed by atoms with Gasteiger partial charge in [-0.2, -0.15) is 0 Å². The van der Waals surface area contributed by atoms with E-state index in [1.807, 2.05) is 12.2 Å². The topological polar surface area (TPSA) is 57.4 Å². The van der Waals surface area contributed by atoms with Gasteiger partial charge in [-0.05, 0) is 99.2 Å². The van der Waals surface area contributed by atoms with Crippen LogP contribution < -0.4 is 0 Å². The average Bonchev–Trinajstić information content (AvgIpc) is 3.45. The van der Waals surface area contributed by atoms with E-state index in [4.69, 9.17) is 9.97 Å². The van der Waals surface area contributed by atoms with Crippen LogP contribution in [0, 0.1) is 13.8 Å². The molecule has 5 rings (SSSR count). The fourth-order valence-corrected chi connectivity index (χ4v) is 4.82. The fourth-order valence-electron chi connectivity index (χ4n) is 4.82. The third kappa shape index (κ3) is 3.21. The van der Waals surface area contributed by atoms with Gasteiger partial charge in [0.2, 0.25) is 0 Å². The Hall–Kier alpha value is -3.92. The molecule has 0 amide bonds. The van der Waals surface area contributed by atoms with Gasteiger partial charge in [0.1, 0.15) is 0 Å². The minimum absolute atomic E-state index is 0.962. The summed E-state index contributed by atoms with van der Waals surface area (Å²) in [5.41, 5.74) is 17.2. The van der Waals surface area contributed by atoms with Crippen LogP contribution in [0.4, 0.5) is 0 Å². The second-order valence-electron chi connectivity index (χ2n) is 9.23. The first-order chi connectivity index (χ1) is 16.2. The fraction of sp³-hybridized carbons (Fsp3) is 0.200. The van der Waals surface area contributed by atoms with Crippen molar-refractivity contribution in [2.24, 2.45) is 0 Å². The summed E-state index contributed by atoms with van der Waals surface area (Å²) in [6, 6.07) is 8.54. The molecule has 0 aliphatic carbocycles. The number of aromatic nitrogens is 4. The van der Waals surface area contributed by atoms with Crippen molar-refractivity contribution in [3.05, 3.63) is 82.5 Å². The largest absolute Gasteiger partial charge is 0.355 e. The van der Waals surface area contributed by atoms with Gasteiger partial charge in [-0.1, -0.05) is 25.3 Å². The lowest BCUT2D eigenvalue weighted by molar-refractivity contribution is 1.25. The van der Waals surface area contributed by atoms with Crippen molar-refractivity contribution in [1.29, 1.82) is 0 Å². The second-order valence-corrected chi connectivity index (χ2v) is 9.23. The molecule has 5 heterocycles. The second kappa shape index (κ2) is 7.84. The molecule has 34 heavy (non-hydrogen) atoms. The molecule has 0 spiro atoms. The van der Waals surface area contributed by atoms with Crippen LogP contribution in [0.3, 0.4) is 0 Å². The number of H-pyrrole nitrogens is 2. The maximum absolute atomic E-state index is 4.99. The lowest BCUT2D eigenvalue weighted by Gasteiger charge is -1.96. The van der Waals surface area contributed by atoms with Crippen LogP contribution in [-0.2, 0) is 0 Å². The highest BCUT2D eigenvalue weighted by atomic mass is 14.8. The predicted octanol–water partition coefficient (Wildman–Crippen LogP) is 8.12. The van der Waals surface area contributed by atoms with Crippen molar-refractivity contribution in [3.63, 3.8) is 0 Å². The van der Waals surface area contributed by atoms with E-state index in [0.717, 1.165) is 67.1 Å². The van der Waals surface area contributed by atoms with Crippen molar-refractivity contribution in [2.45, 2.75) is 41.5 Å². The number of fused-ring (bicyclic) bond motifs is 8. The summed E-state index contributed by atoms with van der Waals surface area (Å²) in [7, 11) is 0. The van der Waals surface area contributed by atoms with Crippen molar-refractivity contribution in [1.82, 2.24) is 19.9 Å². The molecule has 4 heteroatoms. The number of nitrogens with zero attached hydrogens (tertiary/aromatic N) is 2. The van der Waals surface area contributed by atoms with Crippen LogP contribution in [0.15, 0.2) is 37.4 Å². The van der Waals surface area contributed by atoms with Gasteiger partial charge in [-0.25, -0.2) is 9.97 Å². The Morgan fingerprint density at radius 1 is 0.529 bits per heavy atom. The summed E-state index contributed by atoms with van der Waals surface area (Å²) >= 11 is 0. The molecule has 3 aromatic rings. The Morgan fingerprint density at radius 2 is 0.882 bits per heavy atom. The van der Waals surface area contributed by atoms with Gasteiger partial charge in [0.25, 0.3) is 0 Å². The Bertz CT molecular complexity index is 1630. The lowest BCUT2D eigenvalue weighted by Crippen LogP contribution is -1.82. The summed E-state index contributed by atoms with van der Waals surface area (Å²) in [6.07, 6.45) is 3.83. The number of aryl methyl sites for hydroxylation is 2. The number of allylic oxidation sites excluding steroid dienone is 4. The first kappa shape index (κ1) is 21.9. The van der Waals surface area contributed by atoms with Gasteiger partial charge in [0, 0.05) is 33.2 Å². The first-order valence-corrected chi connectivity index (χ1v) is 11.6. The smallest absolute Gasteiger partial charge is 0.0691 e. The van der Waals surface area contributed by atoms with E-state index >= 15 is 0 Å². The third-order valence-corrected chi connectivity index (χ3v) is 7.41. The zero-order chi connectivity index (χ0) is 24.3. The number of hydrogen-bond donors (Lipinski definition) is 2. The average molecular weight is 447 g/mol. The predicted molar refractivity (Wildman–Crippen MR) is 147 cm³/mol. The summed E-state index contributed by atoms with van der Waals surface area (Å²) in [5.74, 6) is 0. The molecule has 0 aromatic carbocycles. The molecule has 0 atom stereocenters. The number of aromatic amines is 2. The van der Waals surface area contributed by atoms with E-state index in [-0.39, 0.29) is 0 Å². The molecule has 0 radical (unpaired) electrons. The highest BCUT2D eigenvalue weighted by Crippen LogP contribution is 2.34. The van der Waals surface area contributed by atoms with Crippen LogP contribution in [0.5, 0.6) is 0 Å². The normalized spacial score (nSPS) is 13.6. The zero-order valence-corrected chi connectivity index (χ0v) is 20.8. The van der Waals surface area contributed by atoms with Gasteiger partial charge in [-0.3, -0.25) is 0 Å². The van der Waals surface area contributed by atoms with E-state index < -0.39 is 0 Å². The molecular weight excluding hydrogens is 416 g/mol. The molecular formula is C30H30N4. The van der Waals surface area contributed by atoms with Crippen molar-refractivity contribution < 1.29 is 0 Å². The molecule has 2 aliphatic rings. The third-order valence-electron chi connectivity index (χ3n) is 7.41. The Labute approximate surface area is 200 Å². The maximum atomic E-state index is 4.99. The summed E-state index contributed by atoms with van der Waals surface area (Å²) in [4.78, 5) is 17.2. The van der Waals surface area contributed by atoms with E-state index in [1.54, 1.807) is 0 Å².